The highest BCUT2D eigenvalue weighted by Crippen LogP contribution is 2.26. The number of fused-ring (bicyclic) bond motifs is 1. The van der Waals surface area contributed by atoms with Crippen molar-refractivity contribution < 1.29 is 4.79 Å². The number of H-pyrrole nitrogens is 1. The number of amides is 1. The number of aromatic amines is 1. The quantitative estimate of drug-likeness (QED) is 0.658. The van der Waals surface area contributed by atoms with Crippen molar-refractivity contribution in [2.75, 3.05) is 18.0 Å². The Morgan fingerprint density at radius 3 is 2.61 bits per heavy atom. The van der Waals surface area contributed by atoms with E-state index in [-0.39, 0.29) is 24.1 Å². The molecule has 1 aliphatic rings. The summed E-state index contributed by atoms with van der Waals surface area (Å²) in [5, 5.41) is 8.14. The number of carbonyl (C=O) groups excluding carboxylic acids is 1. The van der Waals surface area contributed by atoms with Crippen LogP contribution in [0.15, 0.2) is 23.1 Å². The molecule has 1 aliphatic heterocycles. The molecule has 4 heterocycles. The average molecular weight is 423 g/mol. The molecule has 8 nitrogen and oxygen atoms in total. The standard InChI is InChI=1S/C23H30N6O2/c1-14(2)29-21-19(13-25-29)17(11-20(27-21)28-8-6-5-7-9-28)22(30)24-12-18-15(3)10-16(4)26-23(18)31/h10-11,13-14H,5-9,12H2,1-4H3,(H,24,30)(H,26,31). The number of piperidine rings is 1. The molecule has 0 radical (unpaired) electrons. The summed E-state index contributed by atoms with van der Waals surface area (Å²) in [5.74, 6) is 0.581. The second-order valence-electron chi connectivity index (χ2n) is 8.62. The van der Waals surface area contributed by atoms with Gasteiger partial charge in [-0.1, -0.05) is 0 Å². The Kier molecular flexibility index (Phi) is 5.80. The molecule has 8 heteroatoms. The van der Waals surface area contributed by atoms with Gasteiger partial charge >= 0.3 is 0 Å². The molecule has 0 aliphatic carbocycles. The van der Waals surface area contributed by atoms with E-state index in [0.29, 0.717) is 16.8 Å². The third-order valence-corrected chi connectivity index (χ3v) is 5.89. The topological polar surface area (TPSA) is 95.9 Å². The minimum atomic E-state index is -0.228. The molecule has 0 bridgehead atoms. The van der Waals surface area contributed by atoms with Crippen LogP contribution in [-0.2, 0) is 6.54 Å². The summed E-state index contributed by atoms with van der Waals surface area (Å²) in [7, 11) is 0. The molecule has 1 amide bonds. The van der Waals surface area contributed by atoms with Gasteiger partial charge in [-0.2, -0.15) is 5.10 Å². The molecule has 2 N–H and O–H groups in total. The van der Waals surface area contributed by atoms with Crippen molar-refractivity contribution in [3.63, 3.8) is 0 Å². The van der Waals surface area contributed by atoms with Crippen molar-refractivity contribution in [3.8, 4) is 0 Å². The van der Waals surface area contributed by atoms with Crippen LogP contribution in [0.3, 0.4) is 0 Å². The van der Waals surface area contributed by atoms with Gasteiger partial charge in [0.25, 0.3) is 11.5 Å². The number of carbonyl (C=O) groups is 1. The number of rotatable bonds is 5. The Labute approximate surface area is 181 Å². The van der Waals surface area contributed by atoms with Gasteiger partial charge in [0.15, 0.2) is 5.65 Å². The Morgan fingerprint density at radius 2 is 1.94 bits per heavy atom. The van der Waals surface area contributed by atoms with Gasteiger partial charge in [-0.15, -0.1) is 0 Å². The molecule has 0 unspecified atom stereocenters. The number of aromatic nitrogens is 4. The maximum atomic E-state index is 13.2. The van der Waals surface area contributed by atoms with Gasteiger partial charge in [0.05, 0.1) is 17.1 Å². The maximum Gasteiger partial charge on any atom is 0.253 e. The summed E-state index contributed by atoms with van der Waals surface area (Å²) in [6, 6.07) is 3.90. The van der Waals surface area contributed by atoms with E-state index in [4.69, 9.17) is 4.98 Å². The van der Waals surface area contributed by atoms with Gasteiger partial charge in [0, 0.05) is 36.9 Å². The fourth-order valence-corrected chi connectivity index (χ4v) is 4.22. The van der Waals surface area contributed by atoms with Gasteiger partial charge in [0.2, 0.25) is 0 Å². The van der Waals surface area contributed by atoms with Gasteiger partial charge in [-0.05, 0) is 64.7 Å². The fourth-order valence-electron chi connectivity index (χ4n) is 4.22. The average Bonchev–Trinajstić information content (AvgIpc) is 3.17. The van der Waals surface area contributed by atoms with Gasteiger partial charge in [-0.3, -0.25) is 9.59 Å². The summed E-state index contributed by atoms with van der Waals surface area (Å²) < 4.78 is 1.86. The van der Waals surface area contributed by atoms with Crippen molar-refractivity contribution in [1.82, 2.24) is 25.1 Å². The van der Waals surface area contributed by atoms with E-state index in [0.717, 1.165) is 48.4 Å². The van der Waals surface area contributed by atoms with E-state index >= 15 is 0 Å². The second-order valence-corrected chi connectivity index (χ2v) is 8.62. The molecule has 31 heavy (non-hydrogen) atoms. The third kappa shape index (κ3) is 4.19. The predicted molar refractivity (Wildman–Crippen MR) is 122 cm³/mol. The van der Waals surface area contributed by atoms with Crippen LogP contribution in [0.2, 0.25) is 0 Å². The molecule has 1 saturated heterocycles. The molecule has 0 spiro atoms. The first-order valence-electron chi connectivity index (χ1n) is 11.0. The third-order valence-electron chi connectivity index (χ3n) is 5.89. The highest BCUT2D eigenvalue weighted by atomic mass is 16.1. The van der Waals surface area contributed by atoms with E-state index in [9.17, 15) is 9.59 Å². The normalized spacial score (nSPS) is 14.4. The molecule has 3 aromatic rings. The van der Waals surface area contributed by atoms with Gasteiger partial charge < -0.3 is 15.2 Å². The highest BCUT2D eigenvalue weighted by molar-refractivity contribution is 6.06. The summed E-state index contributed by atoms with van der Waals surface area (Å²) >= 11 is 0. The number of aryl methyl sites for hydroxylation is 2. The number of nitrogens with one attached hydrogen (secondary N) is 2. The van der Waals surface area contributed by atoms with E-state index < -0.39 is 0 Å². The monoisotopic (exact) mass is 422 g/mol. The van der Waals surface area contributed by atoms with Gasteiger partial charge in [0.1, 0.15) is 5.82 Å². The summed E-state index contributed by atoms with van der Waals surface area (Å²) in [6.07, 6.45) is 5.18. The van der Waals surface area contributed by atoms with Crippen molar-refractivity contribution in [2.24, 2.45) is 0 Å². The van der Waals surface area contributed by atoms with E-state index in [1.165, 1.54) is 6.42 Å². The van der Waals surface area contributed by atoms with Crippen molar-refractivity contribution in [3.05, 3.63) is 51.1 Å². The van der Waals surface area contributed by atoms with Crippen molar-refractivity contribution in [2.45, 2.75) is 59.5 Å². The van der Waals surface area contributed by atoms with Crippen LogP contribution in [0.25, 0.3) is 11.0 Å². The molecule has 3 aromatic heterocycles. The summed E-state index contributed by atoms with van der Waals surface area (Å²) in [6.45, 7) is 9.87. The van der Waals surface area contributed by atoms with Crippen LogP contribution in [0.4, 0.5) is 5.82 Å². The van der Waals surface area contributed by atoms with E-state index in [2.05, 4.69) is 20.3 Å². The molecule has 164 valence electrons. The lowest BCUT2D eigenvalue weighted by Gasteiger charge is -2.28. The SMILES string of the molecule is Cc1cc(C)c(CNC(=O)c2cc(N3CCCCC3)nc3c2cnn3C(C)C)c(=O)[nH]1. The molecule has 0 saturated carbocycles. The van der Waals surface area contributed by atoms with Crippen LogP contribution in [0.1, 0.15) is 66.3 Å². The highest BCUT2D eigenvalue weighted by Gasteiger charge is 2.21. The number of anilines is 1. The van der Waals surface area contributed by atoms with Crippen LogP contribution in [0.5, 0.6) is 0 Å². The second kappa shape index (κ2) is 8.53. The van der Waals surface area contributed by atoms with Crippen LogP contribution in [-0.4, -0.2) is 38.7 Å². The molecule has 1 fully saturated rings. The first-order chi connectivity index (χ1) is 14.8. The van der Waals surface area contributed by atoms with E-state index in [1.807, 2.05) is 44.5 Å². The Morgan fingerprint density at radius 1 is 1.19 bits per heavy atom. The van der Waals surface area contributed by atoms with Crippen molar-refractivity contribution in [1.29, 1.82) is 0 Å². The number of hydrogen-bond acceptors (Lipinski definition) is 5. The fraction of sp³-hybridized carbons (Fsp3) is 0.478. The van der Waals surface area contributed by atoms with Crippen LogP contribution in [0, 0.1) is 13.8 Å². The minimum absolute atomic E-state index is 0.131. The Hall–Kier alpha value is -3.16. The molecular weight excluding hydrogens is 392 g/mol. The Balaban J connectivity index is 1.70. The molecule has 4 rings (SSSR count). The molecular formula is C23H30N6O2. The zero-order chi connectivity index (χ0) is 22.1. The summed E-state index contributed by atoms with van der Waals surface area (Å²) in [4.78, 5) is 35.5. The molecule has 0 aromatic carbocycles. The van der Waals surface area contributed by atoms with Crippen molar-refractivity contribution >= 4 is 22.8 Å². The lowest BCUT2D eigenvalue weighted by molar-refractivity contribution is 0.0952. The lowest BCUT2D eigenvalue weighted by atomic mass is 10.1. The van der Waals surface area contributed by atoms with E-state index in [1.54, 1.807) is 6.20 Å². The van der Waals surface area contributed by atoms with Gasteiger partial charge in [-0.25, -0.2) is 9.67 Å². The lowest BCUT2D eigenvalue weighted by Crippen LogP contribution is -2.31. The first kappa shape index (κ1) is 21.1. The van der Waals surface area contributed by atoms with Crippen LogP contribution < -0.4 is 15.8 Å². The number of nitrogens with zero attached hydrogens (tertiary/aromatic N) is 4. The maximum absolute atomic E-state index is 13.2. The van der Waals surface area contributed by atoms with Crippen LogP contribution >= 0.6 is 0 Å². The first-order valence-corrected chi connectivity index (χ1v) is 11.0. The zero-order valence-corrected chi connectivity index (χ0v) is 18.7. The number of hydrogen-bond donors (Lipinski definition) is 2. The smallest absolute Gasteiger partial charge is 0.253 e. The minimum Gasteiger partial charge on any atom is -0.357 e. The number of pyridine rings is 2. The Bertz CT molecular complexity index is 1170. The summed E-state index contributed by atoms with van der Waals surface area (Å²) in [5.41, 5.74) is 3.33. The largest absolute Gasteiger partial charge is 0.357 e. The zero-order valence-electron chi connectivity index (χ0n) is 18.7. The molecule has 0 atom stereocenters. The predicted octanol–water partition coefficient (Wildman–Crippen LogP) is 3.24.